The van der Waals surface area contributed by atoms with Gasteiger partial charge in [-0.3, -0.25) is 4.90 Å². The summed E-state index contributed by atoms with van der Waals surface area (Å²) in [6.07, 6.45) is 2.82. The lowest BCUT2D eigenvalue weighted by atomic mass is 9.86. The van der Waals surface area contributed by atoms with Gasteiger partial charge in [0, 0.05) is 6.20 Å². The highest BCUT2D eigenvalue weighted by Gasteiger charge is 2.40. The molecule has 108 valence electrons. The van der Waals surface area contributed by atoms with E-state index in [0.717, 1.165) is 11.1 Å². The standard InChI is InChI=1S/C18H14N2O2/c1-18(13-19)16-10-6-5-7-14(16)11-12-20(18)17(21)22-15-8-3-2-4-9-15/h2-12H,1H3. The largest absolute Gasteiger partial charge is 0.420 e. The molecule has 3 rings (SSSR count). The van der Waals surface area contributed by atoms with Crippen molar-refractivity contribution in [3.05, 3.63) is 71.9 Å². The van der Waals surface area contributed by atoms with Crippen LogP contribution in [0.3, 0.4) is 0 Å². The Kier molecular flexibility index (Phi) is 3.40. The number of fused-ring (bicyclic) bond motifs is 1. The fraction of sp³-hybridized carbons (Fsp3) is 0.111. The van der Waals surface area contributed by atoms with Crippen molar-refractivity contribution in [2.24, 2.45) is 0 Å². The summed E-state index contributed by atoms with van der Waals surface area (Å²) in [5.41, 5.74) is 0.609. The number of benzene rings is 2. The maximum absolute atomic E-state index is 12.5. The molecule has 1 aliphatic rings. The zero-order chi connectivity index (χ0) is 15.6. The maximum atomic E-state index is 12.5. The van der Waals surface area contributed by atoms with Gasteiger partial charge in [0.15, 0.2) is 5.54 Å². The second kappa shape index (κ2) is 5.38. The van der Waals surface area contributed by atoms with Crippen molar-refractivity contribution >= 4 is 12.2 Å². The predicted molar refractivity (Wildman–Crippen MR) is 82.7 cm³/mol. The summed E-state index contributed by atoms with van der Waals surface area (Å²) in [4.78, 5) is 13.8. The first-order valence-corrected chi connectivity index (χ1v) is 6.90. The first-order chi connectivity index (χ1) is 10.6. The Morgan fingerprint density at radius 3 is 2.55 bits per heavy atom. The molecule has 0 bridgehead atoms. The van der Waals surface area contributed by atoms with Crippen LogP contribution >= 0.6 is 0 Å². The highest BCUT2D eigenvalue weighted by atomic mass is 16.6. The molecule has 0 radical (unpaired) electrons. The minimum atomic E-state index is -1.10. The average Bonchev–Trinajstić information content (AvgIpc) is 2.56. The average molecular weight is 290 g/mol. The fourth-order valence-electron chi connectivity index (χ4n) is 2.52. The molecule has 2 aromatic rings. The first kappa shape index (κ1) is 13.9. The summed E-state index contributed by atoms with van der Waals surface area (Å²) in [7, 11) is 0. The lowest BCUT2D eigenvalue weighted by Crippen LogP contribution is -2.46. The van der Waals surface area contributed by atoms with Crippen LogP contribution in [0.25, 0.3) is 6.08 Å². The maximum Gasteiger partial charge on any atom is 0.420 e. The van der Waals surface area contributed by atoms with Crippen molar-refractivity contribution < 1.29 is 9.53 Å². The van der Waals surface area contributed by atoms with Gasteiger partial charge < -0.3 is 4.74 Å². The van der Waals surface area contributed by atoms with Crippen molar-refractivity contribution in [2.45, 2.75) is 12.5 Å². The molecule has 1 unspecified atom stereocenters. The second-order valence-corrected chi connectivity index (χ2v) is 5.14. The van der Waals surface area contributed by atoms with Crippen molar-refractivity contribution in [3.8, 4) is 11.8 Å². The van der Waals surface area contributed by atoms with Crippen LogP contribution in [-0.4, -0.2) is 11.0 Å². The van der Waals surface area contributed by atoms with Crippen LogP contribution in [0.15, 0.2) is 60.8 Å². The molecular formula is C18H14N2O2. The molecule has 1 heterocycles. The zero-order valence-corrected chi connectivity index (χ0v) is 12.1. The molecular weight excluding hydrogens is 276 g/mol. The van der Waals surface area contributed by atoms with Gasteiger partial charge in [-0.15, -0.1) is 0 Å². The van der Waals surface area contributed by atoms with E-state index in [4.69, 9.17) is 4.74 Å². The van der Waals surface area contributed by atoms with Crippen LogP contribution in [0.1, 0.15) is 18.1 Å². The molecule has 0 saturated heterocycles. The number of nitriles is 1. The Morgan fingerprint density at radius 1 is 1.14 bits per heavy atom. The molecule has 4 nitrogen and oxygen atoms in total. The highest BCUT2D eigenvalue weighted by Crippen LogP contribution is 2.35. The number of carbonyl (C=O) groups excluding carboxylic acids is 1. The Labute approximate surface area is 128 Å². The number of hydrogen-bond acceptors (Lipinski definition) is 3. The van der Waals surface area contributed by atoms with E-state index in [1.165, 1.54) is 4.90 Å². The third-order valence-corrected chi connectivity index (χ3v) is 3.73. The van der Waals surface area contributed by atoms with E-state index >= 15 is 0 Å². The van der Waals surface area contributed by atoms with Crippen molar-refractivity contribution in [1.82, 2.24) is 4.90 Å². The molecule has 1 amide bonds. The van der Waals surface area contributed by atoms with Gasteiger partial charge in [0.1, 0.15) is 5.75 Å². The number of carbonyl (C=O) groups is 1. The summed E-state index contributed by atoms with van der Waals surface area (Å²) in [6, 6.07) is 18.6. The Balaban J connectivity index is 1.95. The smallest absolute Gasteiger partial charge is 0.410 e. The topological polar surface area (TPSA) is 53.3 Å². The van der Waals surface area contributed by atoms with E-state index in [1.807, 2.05) is 30.3 Å². The molecule has 0 saturated carbocycles. The van der Waals surface area contributed by atoms with Crippen LogP contribution < -0.4 is 4.74 Å². The third-order valence-electron chi connectivity index (χ3n) is 3.73. The number of hydrogen-bond donors (Lipinski definition) is 0. The Hall–Kier alpha value is -3.06. The van der Waals surface area contributed by atoms with Crippen molar-refractivity contribution in [1.29, 1.82) is 5.26 Å². The van der Waals surface area contributed by atoms with E-state index in [1.54, 1.807) is 43.5 Å². The number of amides is 1. The Bertz CT molecular complexity index is 777. The van der Waals surface area contributed by atoms with Gasteiger partial charge in [-0.1, -0.05) is 42.5 Å². The lowest BCUT2D eigenvalue weighted by molar-refractivity contribution is 0.141. The van der Waals surface area contributed by atoms with Gasteiger partial charge in [-0.05, 0) is 36.3 Å². The Morgan fingerprint density at radius 2 is 1.82 bits per heavy atom. The number of nitrogens with zero attached hydrogens (tertiary/aromatic N) is 2. The number of para-hydroxylation sites is 1. The summed E-state index contributed by atoms with van der Waals surface area (Å²) >= 11 is 0. The van der Waals surface area contributed by atoms with E-state index in [-0.39, 0.29) is 0 Å². The molecule has 0 aromatic heterocycles. The normalized spacial score (nSPS) is 19.2. The van der Waals surface area contributed by atoms with E-state index in [0.29, 0.717) is 5.75 Å². The van der Waals surface area contributed by atoms with Crippen molar-refractivity contribution in [2.75, 3.05) is 0 Å². The second-order valence-electron chi connectivity index (χ2n) is 5.14. The minimum Gasteiger partial charge on any atom is -0.410 e. The lowest BCUT2D eigenvalue weighted by Gasteiger charge is -2.36. The van der Waals surface area contributed by atoms with Crippen LogP contribution in [0.4, 0.5) is 4.79 Å². The van der Waals surface area contributed by atoms with Crippen LogP contribution in [0, 0.1) is 11.3 Å². The van der Waals surface area contributed by atoms with Gasteiger partial charge in [-0.2, -0.15) is 5.26 Å². The number of ether oxygens (including phenoxy) is 1. The molecule has 0 spiro atoms. The molecule has 2 aromatic carbocycles. The SMILES string of the molecule is CC1(C#N)c2ccccc2C=CN1C(=O)Oc1ccccc1. The monoisotopic (exact) mass is 290 g/mol. The van der Waals surface area contributed by atoms with Crippen LogP contribution in [-0.2, 0) is 5.54 Å². The van der Waals surface area contributed by atoms with E-state index in [9.17, 15) is 10.1 Å². The fourth-order valence-corrected chi connectivity index (χ4v) is 2.52. The van der Waals surface area contributed by atoms with Crippen molar-refractivity contribution in [3.63, 3.8) is 0 Å². The quantitative estimate of drug-likeness (QED) is 0.800. The molecule has 22 heavy (non-hydrogen) atoms. The van der Waals surface area contributed by atoms with E-state index < -0.39 is 11.6 Å². The van der Waals surface area contributed by atoms with Gasteiger partial charge in [0.25, 0.3) is 0 Å². The van der Waals surface area contributed by atoms with Gasteiger partial charge in [0.2, 0.25) is 0 Å². The zero-order valence-electron chi connectivity index (χ0n) is 12.1. The first-order valence-electron chi connectivity index (χ1n) is 6.90. The molecule has 0 N–H and O–H groups in total. The van der Waals surface area contributed by atoms with Gasteiger partial charge in [-0.25, -0.2) is 4.79 Å². The highest BCUT2D eigenvalue weighted by molar-refractivity contribution is 5.77. The third kappa shape index (κ3) is 2.23. The van der Waals surface area contributed by atoms with Crippen LogP contribution in [0.5, 0.6) is 5.75 Å². The summed E-state index contributed by atoms with van der Waals surface area (Å²) in [5, 5.41) is 9.65. The van der Waals surface area contributed by atoms with E-state index in [2.05, 4.69) is 6.07 Å². The molecule has 1 aliphatic heterocycles. The predicted octanol–water partition coefficient (Wildman–Crippen LogP) is 3.91. The molecule has 1 atom stereocenters. The summed E-state index contributed by atoms with van der Waals surface area (Å²) in [5.74, 6) is 0.444. The minimum absolute atomic E-state index is 0.444. The summed E-state index contributed by atoms with van der Waals surface area (Å²) in [6.45, 7) is 1.71. The van der Waals surface area contributed by atoms with Crippen LogP contribution in [0.2, 0.25) is 0 Å². The number of rotatable bonds is 1. The van der Waals surface area contributed by atoms with Gasteiger partial charge in [0.05, 0.1) is 6.07 Å². The molecule has 0 fully saturated rings. The molecule has 0 aliphatic carbocycles. The van der Waals surface area contributed by atoms with Gasteiger partial charge >= 0.3 is 6.09 Å². The summed E-state index contributed by atoms with van der Waals surface area (Å²) < 4.78 is 5.35. The molecule has 4 heteroatoms.